The van der Waals surface area contributed by atoms with Gasteiger partial charge in [0.1, 0.15) is 0 Å². The highest BCUT2D eigenvalue weighted by Gasteiger charge is 2.19. The third-order valence-electron chi connectivity index (χ3n) is 2.33. The van der Waals surface area contributed by atoms with Crippen molar-refractivity contribution in [1.29, 1.82) is 0 Å². The van der Waals surface area contributed by atoms with Crippen LogP contribution < -0.4 is 11.3 Å². The van der Waals surface area contributed by atoms with E-state index in [9.17, 15) is 4.79 Å². The molecule has 1 saturated heterocycles. The number of hydrazine groups is 1. The lowest BCUT2D eigenvalue weighted by molar-refractivity contribution is 0.0298. The Bertz CT molecular complexity index is 361. The number of anilines is 1. The van der Waals surface area contributed by atoms with Crippen molar-refractivity contribution in [3.8, 4) is 0 Å². The van der Waals surface area contributed by atoms with Gasteiger partial charge in [-0.2, -0.15) is 0 Å². The minimum absolute atomic E-state index is 0.126. The van der Waals surface area contributed by atoms with E-state index in [1.807, 2.05) is 0 Å². The SMILES string of the molecule is NNc1ccc(C(=O)N2CCOCC2)nn1. The number of rotatable bonds is 2. The Kier molecular flexibility index (Phi) is 3.28. The molecule has 1 aliphatic heterocycles. The van der Waals surface area contributed by atoms with Gasteiger partial charge < -0.3 is 15.1 Å². The topological polar surface area (TPSA) is 93.4 Å². The first kappa shape index (κ1) is 10.8. The molecule has 0 atom stereocenters. The van der Waals surface area contributed by atoms with Gasteiger partial charge in [0.2, 0.25) is 0 Å². The molecule has 1 aromatic rings. The maximum absolute atomic E-state index is 11.9. The van der Waals surface area contributed by atoms with Crippen molar-refractivity contribution in [2.75, 3.05) is 31.7 Å². The number of nitrogens with two attached hydrogens (primary N) is 1. The minimum Gasteiger partial charge on any atom is -0.378 e. The quantitative estimate of drug-likeness (QED) is 0.505. The van der Waals surface area contributed by atoms with Crippen LogP contribution in [0.25, 0.3) is 0 Å². The van der Waals surface area contributed by atoms with Gasteiger partial charge in [0, 0.05) is 13.1 Å². The number of aromatic nitrogens is 2. The van der Waals surface area contributed by atoms with Crippen LogP contribution in [-0.2, 0) is 4.74 Å². The van der Waals surface area contributed by atoms with Crippen molar-refractivity contribution in [1.82, 2.24) is 15.1 Å². The second-order valence-electron chi connectivity index (χ2n) is 3.35. The molecule has 1 aliphatic rings. The van der Waals surface area contributed by atoms with Crippen LogP contribution in [0.2, 0.25) is 0 Å². The average molecular weight is 223 g/mol. The summed E-state index contributed by atoms with van der Waals surface area (Å²) in [7, 11) is 0. The molecule has 1 fully saturated rings. The molecule has 7 nitrogen and oxygen atoms in total. The van der Waals surface area contributed by atoms with E-state index in [0.29, 0.717) is 37.8 Å². The van der Waals surface area contributed by atoms with Crippen molar-refractivity contribution in [2.45, 2.75) is 0 Å². The summed E-state index contributed by atoms with van der Waals surface area (Å²) in [4.78, 5) is 13.6. The van der Waals surface area contributed by atoms with E-state index in [1.54, 1.807) is 17.0 Å². The summed E-state index contributed by atoms with van der Waals surface area (Å²) in [5, 5.41) is 7.55. The second-order valence-corrected chi connectivity index (χ2v) is 3.35. The van der Waals surface area contributed by atoms with Gasteiger partial charge in [0.15, 0.2) is 11.5 Å². The van der Waals surface area contributed by atoms with Gasteiger partial charge in [-0.1, -0.05) is 0 Å². The molecule has 0 aromatic carbocycles. The largest absolute Gasteiger partial charge is 0.378 e. The maximum atomic E-state index is 11.9. The van der Waals surface area contributed by atoms with Crippen LogP contribution in [0.5, 0.6) is 0 Å². The van der Waals surface area contributed by atoms with Crippen molar-refractivity contribution in [2.24, 2.45) is 5.84 Å². The van der Waals surface area contributed by atoms with E-state index in [2.05, 4.69) is 15.6 Å². The highest BCUT2D eigenvalue weighted by Crippen LogP contribution is 2.06. The molecule has 0 bridgehead atoms. The summed E-state index contributed by atoms with van der Waals surface area (Å²) >= 11 is 0. The number of ether oxygens (including phenoxy) is 1. The van der Waals surface area contributed by atoms with Gasteiger partial charge in [-0.3, -0.25) is 4.79 Å². The summed E-state index contributed by atoms with van der Waals surface area (Å²) < 4.78 is 5.17. The standard InChI is InChI=1S/C9H13N5O2/c10-11-8-2-1-7(12-13-8)9(15)14-3-5-16-6-4-14/h1-2H,3-6,10H2,(H,11,13). The Morgan fingerprint density at radius 1 is 1.38 bits per heavy atom. The summed E-state index contributed by atoms with van der Waals surface area (Å²) in [5.74, 6) is 5.46. The Labute approximate surface area is 92.6 Å². The molecule has 0 saturated carbocycles. The molecule has 7 heteroatoms. The fourth-order valence-corrected chi connectivity index (χ4v) is 1.45. The third-order valence-corrected chi connectivity index (χ3v) is 2.33. The first-order valence-electron chi connectivity index (χ1n) is 4.98. The molecular formula is C9H13N5O2. The lowest BCUT2D eigenvalue weighted by Crippen LogP contribution is -2.41. The predicted molar refractivity (Wildman–Crippen MR) is 56.6 cm³/mol. The summed E-state index contributed by atoms with van der Waals surface area (Å²) in [6.07, 6.45) is 0. The van der Waals surface area contributed by atoms with Crippen LogP contribution in [0.4, 0.5) is 5.82 Å². The molecule has 0 unspecified atom stereocenters. The van der Waals surface area contributed by atoms with Crippen molar-refractivity contribution < 1.29 is 9.53 Å². The Hall–Kier alpha value is -1.73. The van der Waals surface area contributed by atoms with E-state index in [1.165, 1.54) is 0 Å². The zero-order valence-electron chi connectivity index (χ0n) is 8.72. The number of hydrogen-bond acceptors (Lipinski definition) is 6. The summed E-state index contributed by atoms with van der Waals surface area (Å²) in [5.41, 5.74) is 2.67. The number of carbonyl (C=O) groups is 1. The fraction of sp³-hybridized carbons (Fsp3) is 0.444. The van der Waals surface area contributed by atoms with Gasteiger partial charge in [0.05, 0.1) is 13.2 Å². The Balaban J connectivity index is 2.07. The summed E-state index contributed by atoms with van der Waals surface area (Å²) in [6, 6.07) is 3.21. The maximum Gasteiger partial charge on any atom is 0.274 e. The number of amides is 1. The molecule has 0 spiro atoms. The van der Waals surface area contributed by atoms with E-state index >= 15 is 0 Å². The minimum atomic E-state index is -0.126. The van der Waals surface area contributed by atoms with Gasteiger partial charge in [-0.15, -0.1) is 10.2 Å². The van der Waals surface area contributed by atoms with Crippen molar-refractivity contribution in [3.05, 3.63) is 17.8 Å². The van der Waals surface area contributed by atoms with E-state index in [4.69, 9.17) is 10.6 Å². The van der Waals surface area contributed by atoms with Crippen LogP contribution in [-0.4, -0.2) is 47.3 Å². The number of nitrogen functional groups attached to an aromatic ring is 1. The molecule has 3 N–H and O–H groups in total. The number of nitrogens with one attached hydrogen (secondary N) is 1. The van der Waals surface area contributed by atoms with Gasteiger partial charge in [-0.25, -0.2) is 5.84 Å². The second kappa shape index (κ2) is 4.86. The smallest absolute Gasteiger partial charge is 0.274 e. The first-order chi connectivity index (χ1) is 7.81. The van der Waals surface area contributed by atoms with Crippen LogP contribution in [0.3, 0.4) is 0 Å². The zero-order valence-corrected chi connectivity index (χ0v) is 8.72. The van der Waals surface area contributed by atoms with Gasteiger partial charge in [-0.05, 0) is 12.1 Å². The number of carbonyl (C=O) groups excluding carboxylic acids is 1. The average Bonchev–Trinajstić information content (AvgIpc) is 2.39. The fourth-order valence-electron chi connectivity index (χ4n) is 1.45. The van der Waals surface area contributed by atoms with Gasteiger partial charge >= 0.3 is 0 Å². The number of morpholine rings is 1. The molecule has 1 amide bonds. The summed E-state index contributed by atoms with van der Waals surface area (Å²) in [6.45, 7) is 2.33. The van der Waals surface area contributed by atoms with Crippen molar-refractivity contribution in [3.63, 3.8) is 0 Å². The van der Waals surface area contributed by atoms with Gasteiger partial charge in [0.25, 0.3) is 5.91 Å². The molecule has 1 aromatic heterocycles. The molecule has 86 valence electrons. The number of nitrogens with zero attached hydrogens (tertiary/aromatic N) is 3. The highest BCUT2D eigenvalue weighted by molar-refractivity contribution is 5.92. The normalized spacial score (nSPS) is 15.9. The lowest BCUT2D eigenvalue weighted by atomic mass is 10.3. The molecule has 0 aliphatic carbocycles. The van der Waals surface area contributed by atoms with Crippen LogP contribution in [0.15, 0.2) is 12.1 Å². The molecular weight excluding hydrogens is 210 g/mol. The molecule has 2 heterocycles. The van der Waals surface area contributed by atoms with Crippen molar-refractivity contribution >= 4 is 11.7 Å². The number of hydrogen-bond donors (Lipinski definition) is 2. The first-order valence-corrected chi connectivity index (χ1v) is 4.98. The zero-order chi connectivity index (χ0) is 11.4. The molecule has 16 heavy (non-hydrogen) atoms. The lowest BCUT2D eigenvalue weighted by Gasteiger charge is -2.26. The van der Waals surface area contributed by atoms with E-state index < -0.39 is 0 Å². The highest BCUT2D eigenvalue weighted by atomic mass is 16.5. The van der Waals surface area contributed by atoms with E-state index in [-0.39, 0.29) is 5.91 Å². The Morgan fingerprint density at radius 2 is 2.12 bits per heavy atom. The molecule has 2 rings (SSSR count). The van der Waals surface area contributed by atoms with E-state index in [0.717, 1.165) is 0 Å². The predicted octanol–water partition coefficient (Wildman–Crippen LogP) is -0.765. The van der Waals surface area contributed by atoms with Crippen LogP contribution in [0.1, 0.15) is 10.5 Å². The van der Waals surface area contributed by atoms with Crippen LogP contribution in [0, 0.1) is 0 Å². The van der Waals surface area contributed by atoms with Crippen LogP contribution >= 0.6 is 0 Å². The third kappa shape index (κ3) is 2.26. The molecule has 0 radical (unpaired) electrons. The monoisotopic (exact) mass is 223 g/mol. The Morgan fingerprint density at radius 3 is 2.69 bits per heavy atom.